The van der Waals surface area contributed by atoms with Gasteiger partial charge in [-0.15, -0.1) is 5.16 Å². The van der Waals surface area contributed by atoms with E-state index < -0.39 is 0 Å². The molecule has 1 N–H and O–H groups in total. The highest BCUT2D eigenvalue weighted by molar-refractivity contribution is 5.59. The van der Waals surface area contributed by atoms with Crippen molar-refractivity contribution in [3.05, 3.63) is 0 Å². The number of hydrogen-bond donors (Lipinski definition) is 1. The van der Waals surface area contributed by atoms with Gasteiger partial charge in [0.15, 0.2) is 0 Å². The lowest BCUT2D eigenvalue weighted by Crippen LogP contribution is -2.03. The zero-order valence-electron chi connectivity index (χ0n) is 8.41. The summed E-state index contributed by atoms with van der Waals surface area (Å²) in [6.45, 7) is 0. The van der Waals surface area contributed by atoms with E-state index in [9.17, 15) is 0 Å². The Morgan fingerprint density at radius 3 is 1.77 bits per heavy atom. The van der Waals surface area contributed by atoms with E-state index in [0.717, 1.165) is 0 Å². The van der Waals surface area contributed by atoms with Crippen molar-refractivity contribution in [3.8, 4) is 0 Å². The third-order valence-corrected chi connectivity index (χ3v) is 2.93. The van der Waals surface area contributed by atoms with E-state index in [0.29, 0.717) is 5.92 Å². The van der Waals surface area contributed by atoms with Crippen LogP contribution < -0.4 is 0 Å². The standard InChI is InChI=1S/C11H21NO/c13-12-10-11-8-6-4-2-1-3-5-7-9-11/h10-11,13H,1-9H2. The lowest BCUT2D eigenvalue weighted by molar-refractivity contribution is 0.316. The summed E-state index contributed by atoms with van der Waals surface area (Å²) in [6, 6.07) is 0. The van der Waals surface area contributed by atoms with Crippen molar-refractivity contribution in [2.75, 3.05) is 0 Å². The monoisotopic (exact) mass is 183 g/mol. The zero-order chi connectivity index (χ0) is 9.36. The number of oxime groups is 1. The molecule has 1 saturated carbocycles. The first-order valence-electron chi connectivity index (χ1n) is 5.61. The van der Waals surface area contributed by atoms with Crippen molar-refractivity contribution in [2.45, 2.75) is 57.8 Å². The molecule has 0 bridgehead atoms. The van der Waals surface area contributed by atoms with Crippen molar-refractivity contribution < 1.29 is 5.21 Å². The van der Waals surface area contributed by atoms with Crippen LogP contribution in [0.1, 0.15) is 57.8 Å². The van der Waals surface area contributed by atoms with Crippen LogP contribution in [-0.2, 0) is 0 Å². The van der Waals surface area contributed by atoms with Crippen LogP contribution in [0, 0.1) is 5.92 Å². The van der Waals surface area contributed by atoms with Gasteiger partial charge in [-0.3, -0.25) is 0 Å². The van der Waals surface area contributed by atoms with E-state index in [-0.39, 0.29) is 0 Å². The van der Waals surface area contributed by atoms with Crippen LogP contribution >= 0.6 is 0 Å². The third kappa shape index (κ3) is 4.91. The maximum Gasteiger partial charge on any atom is 0.0466 e. The van der Waals surface area contributed by atoms with Gasteiger partial charge in [0, 0.05) is 6.21 Å². The zero-order valence-corrected chi connectivity index (χ0v) is 8.41. The molecule has 0 atom stereocenters. The highest BCUT2D eigenvalue weighted by Gasteiger charge is 2.07. The van der Waals surface area contributed by atoms with Crippen LogP contribution in [0.2, 0.25) is 0 Å². The second kappa shape index (κ2) is 6.93. The number of rotatable bonds is 1. The maximum atomic E-state index is 8.48. The summed E-state index contributed by atoms with van der Waals surface area (Å²) in [4.78, 5) is 0. The molecule has 0 aromatic rings. The fraction of sp³-hybridized carbons (Fsp3) is 0.909. The summed E-state index contributed by atoms with van der Waals surface area (Å²) in [6.07, 6.45) is 13.7. The molecule has 13 heavy (non-hydrogen) atoms. The highest BCUT2D eigenvalue weighted by Crippen LogP contribution is 2.19. The van der Waals surface area contributed by atoms with Crippen molar-refractivity contribution >= 4 is 6.21 Å². The fourth-order valence-corrected chi connectivity index (χ4v) is 2.08. The summed E-state index contributed by atoms with van der Waals surface area (Å²) in [5.41, 5.74) is 0. The molecule has 0 amide bonds. The van der Waals surface area contributed by atoms with Crippen LogP contribution in [0.4, 0.5) is 0 Å². The maximum absolute atomic E-state index is 8.48. The molecule has 0 unspecified atom stereocenters. The van der Waals surface area contributed by atoms with E-state index in [2.05, 4.69) is 5.16 Å². The van der Waals surface area contributed by atoms with Gasteiger partial charge in [-0.25, -0.2) is 0 Å². The Morgan fingerprint density at radius 2 is 1.31 bits per heavy atom. The van der Waals surface area contributed by atoms with Gasteiger partial charge in [0.1, 0.15) is 0 Å². The van der Waals surface area contributed by atoms with Gasteiger partial charge in [-0.1, -0.05) is 44.9 Å². The van der Waals surface area contributed by atoms with Gasteiger partial charge in [0.25, 0.3) is 0 Å². The minimum absolute atomic E-state index is 0.531. The van der Waals surface area contributed by atoms with Crippen LogP contribution in [-0.4, -0.2) is 11.4 Å². The average Bonchev–Trinajstić information content (AvgIpc) is 2.16. The summed E-state index contributed by atoms with van der Waals surface area (Å²) in [7, 11) is 0. The van der Waals surface area contributed by atoms with Crippen molar-refractivity contribution in [1.82, 2.24) is 0 Å². The molecule has 2 heteroatoms. The normalized spacial score (nSPS) is 23.4. The highest BCUT2D eigenvalue weighted by atomic mass is 16.4. The summed E-state index contributed by atoms with van der Waals surface area (Å²) in [5, 5.41) is 11.6. The lowest BCUT2D eigenvalue weighted by Gasteiger charge is -2.13. The smallest absolute Gasteiger partial charge is 0.0466 e. The van der Waals surface area contributed by atoms with Gasteiger partial charge in [0.05, 0.1) is 0 Å². The Labute approximate surface area is 81.0 Å². The topological polar surface area (TPSA) is 32.6 Å². The van der Waals surface area contributed by atoms with Crippen LogP contribution in [0.15, 0.2) is 5.16 Å². The Morgan fingerprint density at radius 1 is 0.846 bits per heavy atom. The lowest BCUT2D eigenvalue weighted by atomic mass is 9.93. The number of nitrogens with zero attached hydrogens (tertiary/aromatic N) is 1. The molecule has 0 radical (unpaired) electrons. The molecule has 0 spiro atoms. The molecular formula is C11H21NO. The van der Waals surface area contributed by atoms with E-state index >= 15 is 0 Å². The van der Waals surface area contributed by atoms with E-state index in [1.54, 1.807) is 6.21 Å². The molecule has 76 valence electrons. The predicted octanol–water partition coefficient (Wildman–Crippen LogP) is 3.59. The van der Waals surface area contributed by atoms with Gasteiger partial charge >= 0.3 is 0 Å². The largest absolute Gasteiger partial charge is 0.411 e. The second-order valence-corrected chi connectivity index (χ2v) is 4.08. The van der Waals surface area contributed by atoms with Crippen LogP contribution in [0.25, 0.3) is 0 Å². The fourth-order valence-electron chi connectivity index (χ4n) is 2.08. The van der Waals surface area contributed by atoms with Crippen LogP contribution in [0.3, 0.4) is 0 Å². The Bertz CT molecular complexity index is 135. The van der Waals surface area contributed by atoms with E-state index in [4.69, 9.17) is 5.21 Å². The van der Waals surface area contributed by atoms with Gasteiger partial charge in [-0.05, 0) is 18.8 Å². The van der Waals surface area contributed by atoms with Gasteiger partial charge in [-0.2, -0.15) is 0 Å². The molecule has 0 saturated heterocycles. The molecule has 0 aromatic carbocycles. The minimum atomic E-state index is 0.531. The predicted molar refractivity (Wildman–Crippen MR) is 55.3 cm³/mol. The van der Waals surface area contributed by atoms with Crippen molar-refractivity contribution in [3.63, 3.8) is 0 Å². The second-order valence-electron chi connectivity index (χ2n) is 4.08. The SMILES string of the molecule is ON=CC1CCCCCCCCC1. The first-order chi connectivity index (χ1) is 6.43. The Hall–Kier alpha value is -0.530. The average molecular weight is 183 g/mol. The van der Waals surface area contributed by atoms with Crippen LogP contribution in [0.5, 0.6) is 0 Å². The molecule has 0 aliphatic heterocycles. The van der Waals surface area contributed by atoms with Gasteiger partial charge < -0.3 is 5.21 Å². The quantitative estimate of drug-likeness (QED) is 0.376. The van der Waals surface area contributed by atoms with E-state index in [1.807, 2.05) is 0 Å². The third-order valence-electron chi connectivity index (χ3n) is 2.93. The molecule has 1 aliphatic carbocycles. The molecule has 1 fully saturated rings. The molecule has 1 aliphatic rings. The summed E-state index contributed by atoms with van der Waals surface area (Å²) >= 11 is 0. The molecule has 2 nitrogen and oxygen atoms in total. The van der Waals surface area contributed by atoms with E-state index in [1.165, 1.54) is 57.8 Å². The minimum Gasteiger partial charge on any atom is -0.411 e. The molecule has 0 aromatic heterocycles. The first kappa shape index (κ1) is 10.6. The number of hydrogen-bond acceptors (Lipinski definition) is 2. The molecule has 1 rings (SSSR count). The van der Waals surface area contributed by atoms with Crippen molar-refractivity contribution in [2.24, 2.45) is 11.1 Å². The summed E-state index contributed by atoms with van der Waals surface area (Å²) in [5.74, 6) is 0.531. The summed E-state index contributed by atoms with van der Waals surface area (Å²) < 4.78 is 0. The van der Waals surface area contributed by atoms with Gasteiger partial charge in [0.2, 0.25) is 0 Å². The first-order valence-corrected chi connectivity index (χ1v) is 5.61. The Balaban J connectivity index is 2.26. The Kier molecular flexibility index (Phi) is 5.62. The molecule has 0 heterocycles. The van der Waals surface area contributed by atoms with Crippen molar-refractivity contribution in [1.29, 1.82) is 0 Å². The molecular weight excluding hydrogens is 162 g/mol.